The highest BCUT2D eigenvalue weighted by Gasteiger charge is 2.27. The molecule has 0 unspecified atom stereocenters. The van der Waals surface area contributed by atoms with Crippen molar-refractivity contribution in [1.29, 1.82) is 0 Å². The maximum absolute atomic E-state index is 12.7. The summed E-state index contributed by atoms with van der Waals surface area (Å²) in [6, 6.07) is 10.0. The molecule has 0 atom stereocenters. The highest BCUT2D eigenvalue weighted by Crippen LogP contribution is 2.27. The van der Waals surface area contributed by atoms with Gasteiger partial charge in [0.2, 0.25) is 0 Å². The van der Waals surface area contributed by atoms with Gasteiger partial charge in [0.1, 0.15) is 5.82 Å². The van der Waals surface area contributed by atoms with E-state index in [0.717, 1.165) is 35.1 Å². The van der Waals surface area contributed by atoms with E-state index in [2.05, 4.69) is 10.3 Å². The molecule has 0 bridgehead atoms. The highest BCUT2D eigenvalue weighted by molar-refractivity contribution is 6.07. The van der Waals surface area contributed by atoms with Crippen molar-refractivity contribution in [3.63, 3.8) is 0 Å². The Morgan fingerprint density at radius 2 is 2.10 bits per heavy atom. The van der Waals surface area contributed by atoms with Gasteiger partial charge in [-0.15, -0.1) is 0 Å². The number of anilines is 1. The zero-order chi connectivity index (χ0) is 14.1. The van der Waals surface area contributed by atoms with Gasteiger partial charge in [-0.3, -0.25) is 4.79 Å². The van der Waals surface area contributed by atoms with Gasteiger partial charge >= 0.3 is 0 Å². The normalized spacial score (nSPS) is 14.9. The van der Waals surface area contributed by atoms with Crippen molar-refractivity contribution in [2.75, 3.05) is 19.4 Å². The molecule has 0 aliphatic heterocycles. The Hall–Kier alpha value is -2.10. The van der Waals surface area contributed by atoms with E-state index in [0.29, 0.717) is 6.04 Å². The molecular formula is C16H19N3O. The minimum atomic E-state index is 0.0878. The summed E-state index contributed by atoms with van der Waals surface area (Å²) in [5.74, 6) is 0.818. The van der Waals surface area contributed by atoms with E-state index in [9.17, 15) is 4.79 Å². The number of carbonyl (C=O) groups excluding carboxylic acids is 1. The lowest BCUT2D eigenvalue weighted by molar-refractivity contribution is 0.0654. The quantitative estimate of drug-likeness (QED) is 0.932. The number of nitrogens with one attached hydrogen (secondary N) is 1. The Balaban J connectivity index is 2.06. The predicted molar refractivity (Wildman–Crippen MR) is 81.0 cm³/mol. The predicted octanol–water partition coefficient (Wildman–Crippen LogP) is 2.90. The van der Waals surface area contributed by atoms with Crippen LogP contribution in [0.3, 0.4) is 0 Å². The minimum Gasteiger partial charge on any atom is -0.373 e. The Labute approximate surface area is 118 Å². The fourth-order valence-electron chi connectivity index (χ4n) is 2.61. The average molecular weight is 269 g/mol. The van der Waals surface area contributed by atoms with Crippen LogP contribution in [0.1, 0.15) is 29.6 Å². The molecular weight excluding hydrogens is 250 g/mol. The van der Waals surface area contributed by atoms with Crippen molar-refractivity contribution in [2.45, 2.75) is 25.3 Å². The van der Waals surface area contributed by atoms with Crippen molar-refractivity contribution in [1.82, 2.24) is 9.88 Å². The largest absolute Gasteiger partial charge is 0.373 e. The fourth-order valence-corrected chi connectivity index (χ4v) is 2.61. The molecule has 1 N–H and O–H groups in total. The summed E-state index contributed by atoms with van der Waals surface area (Å²) >= 11 is 0. The van der Waals surface area contributed by atoms with Crippen molar-refractivity contribution >= 4 is 22.6 Å². The maximum atomic E-state index is 12.7. The van der Waals surface area contributed by atoms with E-state index in [4.69, 9.17) is 0 Å². The molecule has 104 valence electrons. The molecule has 0 radical (unpaired) electrons. The van der Waals surface area contributed by atoms with Crippen LogP contribution in [0.25, 0.3) is 10.9 Å². The van der Waals surface area contributed by atoms with Gasteiger partial charge in [0, 0.05) is 25.5 Å². The van der Waals surface area contributed by atoms with Crippen molar-refractivity contribution in [2.24, 2.45) is 0 Å². The van der Waals surface area contributed by atoms with Crippen LogP contribution in [0.4, 0.5) is 5.82 Å². The summed E-state index contributed by atoms with van der Waals surface area (Å²) in [4.78, 5) is 19.1. The Morgan fingerprint density at radius 3 is 2.75 bits per heavy atom. The third-order valence-electron chi connectivity index (χ3n) is 4.15. The lowest BCUT2D eigenvalue weighted by Gasteiger charge is -2.35. The molecule has 1 amide bonds. The van der Waals surface area contributed by atoms with E-state index < -0.39 is 0 Å². The lowest BCUT2D eigenvalue weighted by atomic mass is 9.91. The highest BCUT2D eigenvalue weighted by atomic mass is 16.2. The second-order valence-corrected chi connectivity index (χ2v) is 5.32. The summed E-state index contributed by atoms with van der Waals surface area (Å²) < 4.78 is 0. The van der Waals surface area contributed by atoms with E-state index in [1.807, 2.05) is 49.3 Å². The van der Waals surface area contributed by atoms with Crippen LogP contribution in [-0.4, -0.2) is 35.9 Å². The van der Waals surface area contributed by atoms with E-state index in [1.54, 1.807) is 0 Å². The van der Waals surface area contributed by atoms with Gasteiger partial charge in [-0.1, -0.05) is 18.2 Å². The molecule has 0 saturated heterocycles. The van der Waals surface area contributed by atoms with Crippen LogP contribution in [0.5, 0.6) is 0 Å². The first-order valence-corrected chi connectivity index (χ1v) is 7.05. The molecule has 4 nitrogen and oxygen atoms in total. The van der Waals surface area contributed by atoms with Gasteiger partial charge in [-0.05, 0) is 31.4 Å². The van der Waals surface area contributed by atoms with Crippen LogP contribution >= 0.6 is 0 Å². The third-order valence-corrected chi connectivity index (χ3v) is 4.15. The SMILES string of the molecule is CNc1cc(C(=O)N(C)C2CCC2)c2ccccc2n1. The van der Waals surface area contributed by atoms with Gasteiger partial charge in [-0.25, -0.2) is 4.98 Å². The van der Waals surface area contributed by atoms with Crippen LogP contribution < -0.4 is 5.32 Å². The number of para-hydroxylation sites is 1. The molecule has 1 fully saturated rings. The summed E-state index contributed by atoms with van der Waals surface area (Å²) in [5.41, 5.74) is 1.58. The van der Waals surface area contributed by atoms with Crippen molar-refractivity contribution < 1.29 is 4.79 Å². The molecule has 1 aromatic carbocycles. The monoisotopic (exact) mass is 269 g/mol. The number of hydrogen-bond acceptors (Lipinski definition) is 3. The number of hydrogen-bond donors (Lipinski definition) is 1. The van der Waals surface area contributed by atoms with Gasteiger partial charge in [0.15, 0.2) is 0 Å². The standard InChI is InChI=1S/C16H19N3O/c1-17-15-10-13(12-8-3-4-9-14(12)18-15)16(20)19(2)11-6-5-7-11/h3-4,8-11H,5-7H2,1-2H3,(H,17,18). The average Bonchev–Trinajstić information content (AvgIpc) is 2.43. The molecule has 1 saturated carbocycles. The third kappa shape index (κ3) is 2.11. The molecule has 0 spiro atoms. The minimum absolute atomic E-state index is 0.0878. The van der Waals surface area contributed by atoms with Crippen molar-refractivity contribution in [3.8, 4) is 0 Å². The number of benzene rings is 1. The van der Waals surface area contributed by atoms with E-state index in [-0.39, 0.29) is 5.91 Å². The molecule has 1 aromatic heterocycles. The van der Waals surface area contributed by atoms with E-state index in [1.165, 1.54) is 6.42 Å². The Morgan fingerprint density at radius 1 is 1.35 bits per heavy atom. The molecule has 3 rings (SSSR count). The topological polar surface area (TPSA) is 45.2 Å². The number of fused-ring (bicyclic) bond motifs is 1. The second-order valence-electron chi connectivity index (χ2n) is 5.32. The first-order valence-electron chi connectivity index (χ1n) is 7.05. The van der Waals surface area contributed by atoms with Crippen LogP contribution in [0.15, 0.2) is 30.3 Å². The van der Waals surface area contributed by atoms with Crippen LogP contribution in [0.2, 0.25) is 0 Å². The lowest BCUT2D eigenvalue weighted by Crippen LogP contribution is -2.41. The fraction of sp³-hybridized carbons (Fsp3) is 0.375. The molecule has 4 heteroatoms. The molecule has 2 aromatic rings. The molecule has 1 aliphatic rings. The maximum Gasteiger partial charge on any atom is 0.254 e. The number of rotatable bonds is 3. The number of aromatic nitrogens is 1. The van der Waals surface area contributed by atoms with E-state index >= 15 is 0 Å². The number of nitrogens with zero attached hydrogens (tertiary/aromatic N) is 2. The summed E-state index contributed by atoms with van der Waals surface area (Å²) in [6.07, 6.45) is 3.45. The number of amides is 1. The number of pyridine rings is 1. The van der Waals surface area contributed by atoms with Crippen LogP contribution in [0, 0.1) is 0 Å². The molecule has 20 heavy (non-hydrogen) atoms. The summed E-state index contributed by atoms with van der Waals surface area (Å²) in [7, 11) is 3.72. The van der Waals surface area contributed by atoms with Gasteiger partial charge in [-0.2, -0.15) is 0 Å². The summed E-state index contributed by atoms with van der Waals surface area (Å²) in [5, 5.41) is 3.95. The smallest absolute Gasteiger partial charge is 0.254 e. The van der Waals surface area contributed by atoms with Crippen molar-refractivity contribution in [3.05, 3.63) is 35.9 Å². The van der Waals surface area contributed by atoms with Gasteiger partial charge < -0.3 is 10.2 Å². The van der Waals surface area contributed by atoms with Gasteiger partial charge in [0.25, 0.3) is 5.91 Å². The Bertz CT molecular complexity index is 649. The molecule has 1 heterocycles. The summed E-state index contributed by atoms with van der Waals surface area (Å²) in [6.45, 7) is 0. The zero-order valence-electron chi connectivity index (χ0n) is 11.9. The zero-order valence-corrected chi connectivity index (χ0v) is 11.9. The van der Waals surface area contributed by atoms with Crippen LogP contribution in [-0.2, 0) is 0 Å². The number of carbonyl (C=O) groups is 1. The first kappa shape index (κ1) is 12.9. The second kappa shape index (κ2) is 5.12. The first-order chi connectivity index (χ1) is 9.70. The molecule has 1 aliphatic carbocycles. The Kier molecular flexibility index (Phi) is 3.30. The van der Waals surface area contributed by atoms with Gasteiger partial charge in [0.05, 0.1) is 11.1 Å².